The summed E-state index contributed by atoms with van der Waals surface area (Å²) in [6, 6.07) is 35.5. The van der Waals surface area contributed by atoms with E-state index < -0.39 is 0 Å². The Balaban J connectivity index is 1.41. The third-order valence-corrected chi connectivity index (χ3v) is 5.97. The van der Waals surface area contributed by atoms with E-state index in [1.165, 1.54) is 4.68 Å². The molecule has 38 heavy (non-hydrogen) atoms. The summed E-state index contributed by atoms with van der Waals surface area (Å²) in [7, 11) is 0. The van der Waals surface area contributed by atoms with E-state index in [2.05, 4.69) is 55.1 Å². The Morgan fingerprint density at radius 3 is 2.03 bits per heavy atom. The van der Waals surface area contributed by atoms with E-state index in [4.69, 9.17) is 11.6 Å². The van der Waals surface area contributed by atoms with Gasteiger partial charge in [0.15, 0.2) is 11.7 Å². The van der Waals surface area contributed by atoms with Gasteiger partial charge in [0.25, 0.3) is 5.70 Å². The molecule has 178 valence electrons. The second-order valence-corrected chi connectivity index (χ2v) is 8.29. The normalized spacial score (nSPS) is 13.2. The van der Waals surface area contributed by atoms with Crippen LogP contribution in [0.25, 0.3) is 21.9 Å². The zero-order valence-corrected chi connectivity index (χ0v) is 20.0. The number of anilines is 3. The van der Waals surface area contributed by atoms with Crippen LogP contribution in [0.5, 0.6) is 0 Å². The predicted molar refractivity (Wildman–Crippen MR) is 146 cm³/mol. The van der Waals surface area contributed by atoms with Gasteiger partial charge in [0.05, 0.1) is 18.3 Å². The van der Waals surface area contributed by atoms with Crippen molar-refractivity contribution in [3.63, 3.8) is 0 Å². The lowest BCUT2D eigenvalue weighted by Gasteiger charge is -2.25. The topological polar surface area (TPSA) is 87.3 Å². The molecule has 1 aliphatic heterocycles. The van der Waals surface area contributed by atoms with Crippen molar-refractivity contribution in [2.75, 3.05) is 4.90 Å². The van der Waals surface area contributed by atoms with Gasteiger partial charge in [-0.1, -0.05) is 42.5 Å². The van der Waals surface area contributed by atoms with Crippen LogP contribution >= 0.6 is 0 Å². The molecule has 8 heteroatoms. The molecule has 8 nitrogen and oxygen atoms in total. The van der Waals surface area contributed by atoms with E-state index in [1.807, 2.05) is 66.7 Å². The standard InChI is InChI=1S/C30H18N8/c1-32-27-25(20-31)29-35-28(26-14-8-9-19-33-26)36-38(29)30(27)34-21-15-17-24(18-16-21)37(22-10-4-2-5-11-22)23-12-6-3-7-13-23/h2-19H. The lowest BCUT2D eigenvalue weighted by atomic mass is 10.2. The number of aromatic nitrogens is 4. The van der Waals surface area contributed by atoms with Gasteiger partial charge >= 0.3 is 0 Å². The number of hydrogen-bond donors (Lipinski definition) is 0. The highest BCUT2D eigenvalue weighted by Gasteiger charge is 2.33. The Kier molecular flexibility index (Phi) is 5.74. The highest BCUT2D eigenvalue weighted by atomic mass is 15.4. The summed E-state index contributed by atoms with van der Waals surface area (Å²) in [4.78, 5) is 19.2. The van der Waals surface area contributed by atoms with Crippen molar-refractivity contribution in [3.05, 3.63) is 132 Å². The summed E-state index contributed by atoms with van der Waals surface area (Å²) in [5.74, 6) is 0.910. The van der Waals surface area contributed by atoms with E-state index in [-0.39, 0.29) is 22.9 Å². The number of allylic oxidation sites excluding steroid dienone is 2. The number of rotatable bonds is 5. The summed E-state index contributed by atoms with van der Waals surface area (Å²) in [5.41, 5.74) is 4.46. The first kappa shape index (κ1) is 22.6. The number of nitrogens with zero attached hydrogens (tertiary/aromatic N) is 8. The van der Waals surface area contributed by atoms with Crippen LogP contribution in [0.4, 0.5) is 22.7 Å². The number of aliphatic imine (C=N–C) groups is 1. The van der Waals surface area contributed by atoms with E-state index >= 15 is 0 Å². The second kappa shape index (κ2) is 9.65. The van der Waals surface area contributed by atoms with Crippen molar-refractivity contribution >= 4 is 34.2 Å². The fraction of sp³-hybridized carbons (Fsp3) is 0. The molecule has 0 N–H and O–H groups in total. The third kappa shape index (κ3) is 3.98. The number of para-hydroxylation sites is 2. The Hall–Kier alpha value is -5.86. The molecule has 3 aromatic carbocycles. The molecule has 0 unspecified atom stereocenters. The minimum Gasteiger partial charge on any atom is -0.311 e. The number of nitriles is 1. The van der Waals surface area contributed by atoms with Gasteiger partial charge < -0.3 is 4.90 Å². The Labute approximate surface area is 218 Å². The Morgan fingerprint density at radius 1 is 0.816 bits per heavy atom. The number of pyridine rings is 1. The second-order valence-electron chi connectivity index (χ2n) is 8.29. The van der Waals surface area contributed by atoms with Gasteiger partial charge in [-0.3, -0.25) is 4.98 Å². The van der Waals surface area contributed by atoms with Gasteiger partial charge in [-0.25, -0.2) is 19.5 Å². The van der Waals surface area contributed by atoms with E-state index in [1.54, 1.807) is 18.3 Å². The van der Waals surface area contributed by atoms with Crippen LogP contribution in [0.3, 0.4) is 0 Å². The molecule has 0 amide bonds. The molecule has 5 aromatic rings. The molecule has 0 atom stereocenters. The number of hydrogen-bond acceptors (Lipinski definition) is 6. The summed E-state index contributed by atoms with van der Waals surface area (Å²) < 4.78 is 1.45. The van der Waals surface area contributed by atoms with Crippen LogP contribution in [-0.4, -0.2) is 25.6 Å². The lowest BCUT2D eigenvalue weighted by Crippen LogP contribution is -2.11. The van der Waals surface area contributed by atoms with Gasteiger partial charge in [0, 0.05) is 23.3 Å². The van der Waals surface area contributed by atoms with Crippen LogP contribution < -0.4 is 4.90 Å². The van der Waals surface area contributed by atoms with Crippen molar-refractivity contribution in [2.24, 2.45) is 4.99 Å². The highest BCUT2D eigenvalue weighted by Crippen LogP contribution is 2.36. The summed E-state index contributed by atoms with van der Waals surface area (Å²) >= 11 is 0. The first-order chi connectivity index (χ1) is 18.8. The maximum absolute atomic E-state index is 9.78. The smallest absolute Gasteiger partial charge is 0.251 e. The molecule has 0 fully saturated rings. The van der Waals surface area contributed by atoms with E-state index in [0.717, 1.165) is 17.1 Å². The van der Waals surface area contributed by atoms with E-state index in [9.17, 15) is 5.26 Å². The van der Waals surface area contributed by atoms with Gasteiger partial charge in [0.1, 0.15) is 11.3 Å². The fourth-order valence-electron chi connectivity index (χ4n) is 4.25. The average molecular weight is 491 g/mol. The molecule has 0 spiro atoms. The van der Waals surface area contributed by atoms with Crippen molar-refractivity contribution in [2.45, 2.75) is 0 Å². The first-order valence-electron chi connectivity index (χ1n) is 11.8. The molecule has 0 saturated carbocycles. The molecule has 0 aliphatic carbocycles. The molecule has 2 aromatic heterocycles. The minimum atomic E-state index is 0.120. The van der Waals surface area contributed by atoms with Crippen LogP contribution in [0.15, 0.2) is 120 Å². The Morgan fingerprint density at radius 2 is 1.45 bits per heavy atom. The monoisotopic (exact) mass is 490 g/mol. The number of fused-ring (bicyclic) bond motifs is 1. The van der Waals surface area contributed by atoms with Gasteiger partial charge in [-0.15, -0.1) is 5.10 Å². The zero-order valence-electron chi connectivity index (χ0n) is 20.0. The molecule has 6 rings (SSSR count). The molecular formula is C30H18N8. The van der Waals surface area contributed by atoms with Crippen LogP contribution in [-0.2, 0) is 0 Å². The molecule has 0 bridgehead atoms. The van der Waals surface area contributed by atoms with E-state index in [0.29, 0.717) is 17.2 Å². The average Bonchev–Trinajstić information content (AvgIpc) is 3.53. The third-order valence-electron chi connectivity index (χ3n) is 5.97. The largest absolute Gasteiger partial charge is 0.311 e. The predicted octanol–water partition coefficient (Wildman–Crippen LogP) is 6.56. The number of benzene rings is 3. The highest BCUT2D eigenvalue weighted by molar-refractivity contribution is 6.15. The maximum atomic E-state index is 9.78. The van der Waals surface area contributed by atoms with Crippen molar-refractivity contribution < 1.29 is 0 Å². The summed E-state index contributed by atoms with van der Waals surface area (Å²) in [5, 5.41) is 14.3. The molecule has 0 radical (unpaired) electrons. The Bertz CT molecular complexity index is 1720. The molecular weight excluding hydrogens is 472 g/mol. The van der Waals surface area contributed by atoms with Crippen LogP contribution in [0.2, 0.25) is 0 Å². The maximum Gasteiger partial charge on any atom is 0.251 e. The summed E-state index contributed by atoms with van der Waals surface area (Å²) in [6.45, 7) is 7.69. The fourth-order valence-corrected chi connectivity index (χ4v) is 4.25. The van der Waals surface area contributed by atoms with Crippen LogP contribution in [0, 0.1) is 17.9 Å². The van der Waals surface area contributed by atoms with Crippen molar-refractivity contribution in [1.29, 1.82) is 5.26 Å². The summed E-state index contributed by atoms with van der Waals surface area (Å²) in [6.07, 6.45) is 1.65. The SMILES string of the molecule is [C-]#[N+]C1=C(C#N)c2nc(-c3ccccn3)nn2C1=Nc1ccc(N(c2ccccc2)c2ccccc2)cc1. The van der Waals surface area contributed by atoms with Gasteiger partial charge in [-0.05, 0) is 60.7 Å². The first-order valence-corrected chi connectivity index (χ1v) is 11.8. The zero-order chi connectivity index (χ0) is 25.9. The van der Waals surface area contributed by atoms with Gasteiger partial charge in [0.2, 0.25) is 5.82 Å². The van der Waals surface area contributed by atoms with Crippen molar-refractivity contribution in [3.8, 4) is 17.6 Å². The lowest BCUT2D eigenvalue weighted by molar-refractivity contribution is 0.933. The minimum absolute atomic E-state index is 0.120. The van der Waals surface area contributed by atoms with Gasteiger partial charge in [-0.2, -0.15) is 5.26 Å². The molecule has 1 aliphatic rings. The quantitative estimate of drug-likeness (QED) is 0.261. The molecule has 0 saturated heterocycles. The van der Waals surface area contributed by atoms with Crippen LogP contribution in [0.1, 0.15) is 5.82 Å². The molecule has 3 heterocycles. The van der Waals surface area contributed by atoms with Crippen molar-refractivity contribution in [1.82, 2.24) is 19.7 Å².